The van der Waals surface area contributed by atoms with E-state index >= 15 is 0 Å². The van der Waals surface area contributed by atoms with Gasteiger partial charge >= 0.3 is 0 Å². The number of pyridine rings is 1. The van der Waals surface area contributed by atoms with Gasteiger partial charge in [0.2, 0.25) is 0 Å². The first-order valence-electron chi connectivity index (χ1n) is 4.24. The van der Waals surface area contributed by atoms with Crippen LogP contribution in [0.5, 0.6) is 0 Å². The average Bonchev–Trinajstić information content (AvgIpc) is 2.23. The third-order valence-electron chi connectivity index (χ3n) is 1.95. The second-order valence-corrected chi connectivity index (χ2v) is 4.18. The fraction of sp³-hybridized carbons (Fsp3) is 0. The lowest BCUT2D eigenvalue weighted by Gasteiger charge is -2.04. The number of halogens is 3. The summed E-state index contributed by atoms with van der Waals surface area (Å²) in [4.78, 5) is 4.19. The van der Waals surface area contributed by atoms with E-state index in [0.29, 0.717) is 20.8 Å². The number of aromatic nitrogens is 1. The van der Waals surface area contributed by atoms with Gasteiger partial charge in [-0.1, -0.05) is 40.9 Å². The van der Waals surface area contributed by atoms with Gasteiger partial charge in [-0.15, -0.1) is 0 Å². The minimum absolute atomic E-state index is 0.496. The molecule has 0 saturated carbocycles. The van der Waals surface area contributed by atoms with E-state index in [0.717, 1.165) is 5.56 Å². The number of hydrogen-bond donors (Lipinski definition) is 0. The molecule has 0 aliphatic rings. The lowest BCUT2D eigenvalue weighted by Crippen LogP contribution is -1.84. The van der Waals surface area contributed by atoms with Gasteiger partial charge in [0.1, 0.15) is 0 Å². The van der Waals surface area contributed by atoms with E-state index in [1.165, 1.54) is 0 Å². The van der Waals surface area contributed by atoms with Crippen LogP contribution in [0.1, 0.15) is 0 Å². The van der Waals surface area contributed by atoms with E-state index in [9.17, 15) is 0 Å². The minimum atomic E-state index is 0.496. The Hall–Kier alpha value is -0.760. The van der Waals surface area contributed by atoms with Crippen LogP contribution in [-0.2, 0) is 0 Å². The van der Waals surface area contributed by atoms with Gasteiger partial charge < -0.3 is 0 Å². The van der Waals surface area contributed by atoms with Gasteiger partial charge in [0.15, 0.2) is 0 Å². The second kappa shape index (κ2) is 4.40. The summed E-state index contributed by atoms with van der Waals surface area (Å²) in [6.45, 7) is 0. The molecule has 15 heavy (non-hydrogen) atoms. The number of benzene rings is 1. The first-order valence-corrected chi connectivity index (χ1v) is 5.38. The van der Waals surface area contributed by atoms with Crippen molar-refractivity contribution in [3.8, 4) is 11.3 Å². The molecule has 2 rings (SSSR count). The van der Waals surface area contributed by atoms with Gasteiger partial charge in [0.25, 0.3) is 0 Å². The largest absolute Gasteiger partial charge is 0.255 e. The van der Waals surface area contributed by atoms with E-state index < -0.39 is 0 Å². The summed E-state index contributed by atoms with van der Waals surface area (Å²) in [6.07, 6.45) is 1.68. The minimum Gasteiger partial charge on any atom is -0.255 e. The molecule has 0 bridgehead atoms. The zero-order chi connectivity index (χ0) is 10.8. The highest BCUT2D eigenvalue weighted by molar-refractivity contribution is 6.42. The molecule has 2 aromatic rings. The van der Waals surface area contributed by atoms with Crippen molar-refractivity contribution in [1.82, 2.24) is 4.98 Å². The number of nitrogens with zero attached hydrogens (tertiary/aromatic N) is 1. The topological polar surface area (TPSA) is 12.9 Å². The molecule has 76 valence electrons. The van der Waals surface area contributed by atoms with Gasteiger partial charge in [0, 0.05) is 11.8 Å². The molecule has 1 aromatic heterocycles. The molecule has 0 unspecified atom stereocenters. The second-order valence-electron chi connectivity index (χ2n) is 2.96. The summed E-state index contributed by atoms with van der Waals surface area (Å²) in [5, 5.41) is 1.61. The Bertz CT molecular complexity index is 497. The first kappa shape index (κ1) is 10.7. The SMILES string of the molecule is Clc1ccc(-c2ncccc2Cl)cc1Cl. The van der Waals surface area contributed by atoms with E-state index in [1.54, 1.807) is 30.5 Å². The maximum absolute atomic E-state index is 6.01. The van der Waals surface area contributed by atoms with Crippen LogP contribution in [0, 0.1) is 0 Å². The lowest BCUT2D eigenvalue weighted by molar-refractivity contribution is 1.33. The van der Waals surface area contributed by atoms with Crippen LogP contribution in [0.15, 0.2) is 36.5 Å². The quantitative estimate of drug-likeness (QED) is 0.722. The maximum Gasteiger partial charge on any atom is 0.0888 e. The molecule has 1 nitrogen and oxygen atoms in total. The van der Waals surface area contributed by atoms with Crippen molar-refractivity contribution in [2.24, 2.45) is 0 Å². The van der Waals surface area contributed by atoms with E-state index in [1.807, 2.05) is 6.07 Å². The number of hydrogen-bond acceptors (Lipinski definition) is 1. The summed E-state index contributed by atoms with van der Waals surface area (Å²) in [7, 11) is 0. The molecule has 4 heteroatoms. The Morgan fingerprint density at radius 1 is 0.867 bits per heavy atom. The average molecular weight is 259 g/mol. The molecule has 0 amide bonds. The number of rotatable bonds is 1. The van der Waals surface area contributed by atoms with E-state index in [-0.39, 0.29) is 0 Å². The summed E-state index contributed by atoms with van der Waals surface area (Å²) < 4.78 is 0. The normalized spacial score (nSPS) is 10.3. The predicted octanol–water partition coefficient (Wildman–Crippen LogP) is 4.71. The van der Waals surface area contributed by atoms with Crippen molar-refractivity contribution in [1.29, 1.82) is 0 Å². The Kier molecular flexibility index (Phi) is 3.15. The summed E-state index contributed by atoms with van der Waals surface area (Å²) in [6, 6.07) is 8.88. The van der Waals surface area contributed by atoms with Crippen LogP contribution in [-0.4, -0.2) is 4.98 Å². The van der Waals surface area contributed by atoms with Gasteiger partial charge in [-0.3, -0.25) is 4.98 Å². The van der Waals surface area contributed by atoms with E-state index in [4.69, 9.17) is 34.8 Å². The highest BCUT2D eigenvalue weighted by Crippen LogP contribution is 2.30. The third-order valence-corrected chi connectivity index (χ3v) is 3.00. The molecule has 0 saturated heterocycles. The molecule has 0 aliphatic carbocycles. The molecule has 0 fully saturated rings. The standard InChI is InChI=1S/C11H6Cl3N/c12-8-4-3-7(6-10(8)14)11-9(13)2-1-5-15-11/h1-6H. The molecule has 0 atom stereocenters. The Labute approximate surface area is 103 Å². The third kappa shape index (κ3) is 2.25. The van der Waals surface area contributed by atoms with Crippen molar-refractivity contribution in [3.05, 3.63) is 51.6 Å². The molecule has 0 N–H and O–H groups in total. The van der Waals surface area contributed by atoms with Gasteiger partial charge in [-0.05, 0) is 24.3 Å². The van der Waals surface area contributed by atoms with Crippen molar-refractivity contribution >= 4 is 34.8 Å². The monoisotopic (exact) mass is 257 g/mol. The van der Waals surface area contributed by atoms with Gasteiger partial charge in [0.05, 0.1) is 20.8 Å². The molecule has 1 aromatic carbocycles. The highest BCUT2D eigenvalue weighted by atomic mass is 35.5. The van der Waals surface area contributed by atoms with Crippen LogP contribution in [0.2, 0.25) is 15.1 Å². The molecule has 1 heterocycles. The van der Waals surface area contributed by atoms with E-state index in [2.05, 4.69) is 4.98 Å². The molecular formula is C11H6Cl3N. The van der Waals surface area contributed by atoms with Crippen molar-refractivity contribution in [2.75, 3.05) is 0 Å². The summed E-state index contributed by atoms with van der Waals surface area (Å²) in [5.74, 6) is 0. The Morgan fingerprint density at radius 2 is 1.67 bits per heavy atom. The van der Waals surface area contributed by atoms with Crippen molar-refractivity contribution < 1.29 is 0 Å². The summed E-state index contributed by atoms with van der Waals surface area (Å²) >= 11 is 17.7. The molecule has 0 spiro atoms. The predicted molar refractivity (Wildman–Crippen MR) is 64.7 cm³/mol. The highest BCUT2D eigenvalue weighted by Gasteiger charge is 2.06. The zero-order valence-corrected chi connectivity index (χ0v) is 9.81. The van der Waals surface area contributed by atoms with Crippen molar-refractivity contribution in [2.45, 2.75) is 0 Å². The fourth-order valence-electron chi connectivity index (χ4n) is 1.24. The Balaban J connectivity index is 2.55. The van der Waals surface area contributed by atoms with Crippen LogP contribution in [0.4, 0.5) is 0 Å². The zero-order valence-electron chi connectivity index (χ0n) is 7.55. The first-order chi connectivity index (χ1) is 7.18. The lowest BCUT2D eigenvalue weighted by atomic mass is 10.1. The molecule has 0 aliphatic heterocycles. The van der Waals surface area contributed by atoms with Gasteiger partial charge in [-0.2, -0.15) is 0 Å². The fourth-order valence-corrected chi connectivity index (χ4v) is 1.77. The molecule has 0 radical (unpaired) electrons. The smallest absolute Gasteiger partial charge is 0.0888 e. The maximum atomic E-state index is 6.01. The molecular weight excluding hydrogens is 252 g/mol. The van der Waals surface area contributed by atoms with Crippen LogP contribution in [0.25, 0.3) is 11.3 Å². The van der Waals surface area contributed by atoms with Crippen LogP contribution >= 0.6 is 34.8 Å². The van der Waals surface area contributed by atoms with Crippen LogP contribution < -0.4 is 0 Å². The summed E-state index contributed by atoms with van der Waals surface area (Å²) in [5.41, 5.74) is 1.56. The Morgan fingerprint density at radius 3 is 2.33 bits per heavy atom. The van der Waals surface area contributed by atoms with Crippen molar-refractivity contribution in [3.63, 3.8) is 0 Å². The van der Waals surface area contributed by atoms with Gasteiger partial charge in [-0.25, -0.2) is 0 Å². The van der Waals surface area contributed by atoms with Crippen LogP contribution in [0.3, 0.4) is 0 Å².